The fourth-order valence-electron chi connectivity index (χ4n) is 3.13. The van der Waals surface area contributed by atoms with Gasteiger partial charge in [0.15, 0.2) is 17.7 Å². The van der Waals surface area contributed by atoms with Gasteiger partial charge in [0.05, 0.1) is 12.4 Å². The van der Waals surface area contributed by atoms with Crippen molar-refractivity contribution >= 4 is 17.0 Å². The fourth-order valence-corrected chi connectivity index (χ4v) is 3.13. The molecule has 0 aromatic carbocycles. The quantitative estimate of drug-likeness (QED) is 0.501. The molecule has 5 N–H and O–H groups in total. The van der Waals surface area contributed by atoms with Crippen molar-refractivity contribution in [3.05, 3.63) is 12.7 Å². The first kappa shape index (κ1) is 12.9. The molecule has 2 unspecified atom stereocenters. The summed E-state index contributed by atoms with van der Waals surface area (Å²) in [5.74, 6) is 0.227. The van der Waals surface area contributed by atoms with Gasteiger partial charge in [-0.05, 0) is 12.8 Å². The molecule has 0 bridgehead atoms. The average molecular weight is 293 g/mol. The smallest absolute Gasteiger partial charge is 0.167 e. The second kappa shape index (κ2) is 4.10. The topological polar surface area (TPSA) is 140 Å². The van der Waals surface area contributed by atoms with Gasteiger partial charge in [0.25, 0.3) is 0 Å². The van der Waals surface area contributed by atoms with Crippen molar-refractivity contribution in [3.63, 3.8) is 0 Å². The zero-order chi connectivity index (χ0) is 14.8. The summed E-state index contributed by atoms with van der Waals surface area (Å²) in [6, 6.07) is 0. The van der Waals surface area contributed by atoms with Crippen LogP contribution in [0.15, 0.2) is 12.7 Å². The Morgan fingerprint density at radius 2 is 2.10 bits per heavy atom. The molecule has 0 radical (unpaired) electrons. The lowest BCUT2D eigenvalue weighted by molar-refractivity contribution is -0.213. The van der Waals surface area contributed by atoms with E-state index in [0.29, 0.717) is 24.0 Å². The Hall–Kier alpha value is -1.81. The highest BCUT2D eigenvalue weighted by atomic mass is 16.6. The number of imidazole rings is 1. The van der Waals surface area contributed by atoms with E-state index in [-0.39, 0.29) is 5.82 Å². The molecule has 3 heterocycles. The highest BCUT2D eigenvalue weighted by Crippen LogP contribution is 2.49. The van der Waals surface area contributed by atoms with Crippen molar-refractivity contribution in [2.24, 2.45) is 0 Å². The Morgan fingerprint density at radius 1 is 1.29 bits per heavy atom. The van der Waals surface area contributed by atoms with Crippen molar-refractivity contribution in [2.75, 3.05) is 5.73 Å². The van der Waals surface area contributed by atoms with Crippen LogP contribution >= 0.6 is 0 Å². The molecule has 2 aromatic heterocycles. The minimum absolute atomic E-state index is 0.227. The van der Waals surface area contributed by atoms with Gasteiger partial charge in [-0.15, -0.1) is 0 Å². The van der Waals surface area contributed by atoms with E-state index in [4.69, 9.17) is 10.5 Å². The molecule has 4 rings (SSSR count). The molecule has 1 spiro atoms. The fraction of sp³-hybridized carbons (Fsp3) is 0.583. The van der Waals surface area contributed by atoms with E-state index in [2.05, 4.69) is 15.0 Å². The minimum Gasteiger partial charge on any atom is -0.390 e. The third-order valence-electron chi connectivity index (χ3n) is 4.49. The van der Waals surface area contributed by atoms with Gasteiger partial charge in [-0.1, -0.05) is 0 Å². The zero-order valence-electron chi connectivity index (χ0n) is 11.0. The number of fused-ring (bicyclic) bond motifs is 1. The van der Waals surface area contributed by atoms with E-state index in [1.807, 2.05) is 0 Å². The van der Waals surface area contributed by atoms with Gasteiger partial charge in [0.2, 0.25) is 0 Å². The SMILES string of the molecule is Nc1ncnc2c1ncn2C1O[C@]2(CC[C@@H]2O)[C@H](O)C1O. The molecule has 1 aliphatic carbocycles. The maximum Gasteiger partial charge on any atom is 0.167 e. The number of hydrogen-bond acceptors (Lipinski definition) is 8. The van der Waals surface area contributed by atoms with Gasteiger partial charge in [-0.3, -0.25) is 4.57 Å². The highest BCUT2D eigenvalue weighted by Gasteiger charge is 2.63. The third kappa shape index (κ3) is 1.51. The number of aliphatic hydroxyl groups is 3. The van der Waals surface area contributed by atoms with Crippen LogP contribution in [0, 0.1) is 0 Å². The minimum atomic E-state index is -1.19. The van der Waals surface area contributed by atoms with Crippen LogP contribution in [0.3, 0.4) is 0 Å². The van der Waals surface area contributed by atoms with Crippen LogP contribution in [-0.2, 0) is 4.74 Å². The van der Waals surface area contributed by atoms with Crippen LogP contribution in [0.4, 0.5) is 5.82 Å². The lowest BCUT2D eigenvalue weighted by Crippen LogP contribution is -2.59. The number of anilines is 1. The summed E-state index contributed by atoms with van der Waals surface area (Å²) in [6.45, 7) is 0. The first-order valence-electron chi connectivity index (χ1n) is 6.69. The monoisotopic (exact) mass is 293 g/mol. The number of nitrogen functional groups attached to an aromatic ring is 1. The molecule has 2 aliphatic rings. The summed E-state index contributed by atoms with van der Waals surface area (Å²) in [4.78, 5) is 12.0. The van der Waals surface area contributed by atoms with E-state index in [1.54, 1.807) is 0 Å². The van der Waals surface area contributed by atoms with E-state index in [1.165, 1.54) is 17.2 Å². The van der Waals surface area contributed by atoms with Gasteiger partial charge < -0.3 is 25.8 Å². The number of nitrogens with two attached hydrogens (primary N) is 1. The van der Waals surface area contributed by atoms with Crippen LogP contribution in [0.1, 0.15) is 19.1 Å². The molecule has 5 atom stereocenters. The largest absolute Gasteiger partial charge is 0.390 e. The standard InChI is InChI=1S/C12H15N5O4/c13-9-6-10(15-3-14-9)17(4-16-6)11-7(19)8(20)12(21-11)2-1-5(12)18/h3-5,7-8,11,18-20H,1-2H2,(H2,13,14,15)/t5-,7?,8+,11?,12-/m0/s1. The van der Waals surface area contributed by atoms with Crippen LogP contribution in [-0.4, -0.2) is 58.8 Å². The molecular formula is C12H15N5O4. The molecule has 2 aromatic rings. The molecular weight excluding hydrogens is 278 g/mol. The Labute approximate surface area is 119 Å². The second-order valence-corrected chi connectivity index (χ2v) is 5.54. The number of nitrogens with zero attached hydrogens (tertiary/aromatic N) is 4. The van der Waals surface area contributed by atoms with Gasteiger partial charge >= 0.3 is 0 Å². The number of aliphatic hydroxyl groups excluding tert-OH is 3. The lowest BCUT2D eigenvalue weighted by Gasteiger charge is -2.44. The molecule has 1 saturated carbocycles. The normalized spacial score (nSPS) is 39.0. The molecule has 1 aliphatic heterocycles. The predicted molar refractivity (Wildman–Crippen MR) is 69.8 cm³/mol. The Balaban J connectivity index is 1.78. The summed E-state index contributed by atoms with van der Waals surface area (Å²) in [7, 11) is 0. The summed E-state index contributed by atoms with van der Waals surface area (Å²) in [5, 5.41) is 30.4. The summed E-state index contributed by atoms with van der Waals surface area (Å²) >= 11 is 0. The maximum atomic E-state index is 10.3. The van der Waals surface area contributed by atoms with Crippen molar-refractivity contribution in [1.29, 1.82) is 0 Å². The summed E-state index contributed by atoms with van der Waals surface area (Å²) in [6.07, 6.45) is -0.266. The van der Waals surface area contributed by atoms with Crippen molar-refractivity contribution < 1.29 is 20.1 Å². The van der Waals surface area contributed by atoms with Gasteiger partial charge in [0.1, 0.15) is 29.7 Å². The van der Waals surface area contributed by atoms with Crippen molar-refractivity contribution in [3.8, 4) is 0 Å². The van der Waals surface area contributed by atoms with Crippen LogP contribution < -0.4 is 5.73 Å². The Morgan fingerprint density at radius 3 is 2.71 bits per heavy atom. The van der Waals surface area contributed by atoms with Crippen LogP contribution in [0.2, 0.25) is 0 Å². The van der Waals surface area contributed by atoms with Crippen LogP contribution in [0.25, 0.3) is 11.2 Å². The second-order valence-electron chi connectivity index (χ2n) is 5.54. The third-order valence-corrected chi connectivity index (χ3v) is 4.49. The Bertz CT molecular complexity index is 706. The van der Waals surface area contributed by atoms with Gasteiger partial charge in [0, 0.05) is 0 Å². The molecule has 2 fully saturated rings. The first-order valence-corrected chi connectivity index (χ1v) is 6.69. The first-order chi connectivity index (χ1) is 10.0. The summed E-state index contributed by atoms with van der Waals surface area (Å²) in [5.41, 5.74) is 5.42. The maximum absolute atomic E-state index is 10.3. The van der Waals surface area contributed by atoms with Crippen molar-refractivity contribution in [1.82, 2.24) is 19.5 Å². The molecule has 9 heteroatoms. The Kier molecular flexibility index (Phi) is 2.52. The molecule has 1 saturated heterocycles. The number of ether oxygens (including phenoxy) is 1. The highest BCUT2D eigenvalue weighted by molar-refractivity contribution is 5.81. The molecule has 9 nitrogen and oxygen atoms in total. The van der Waals surface area contributed by atoms with E-state index >= 15 is 0 Å². The van der Waals surface area contributed by atoms with E-state index in [0.717, 1.165) is 0 Å². The lowest BCUT2D eigenvalue weighted by atomic mass is 9.73. The predicted octanol–water partition coefficient (Wildman–Crippen LogP) is -1.45. The molecule has 0 amide bonds. The van der Waals surface area contributed by atoms with E-state index in [9.17, 15) is 15.3 Å². The van der Waals surface area contributed by atoms with Gasteiger partial charge in [-0.25, -0.2) is 15.0 Å². The average Bonchev–Trinajstić information content (AvgIpc) is 3.01. The van der Waals surface area contributed by atoms with Crippen molar-refractivity contribution in [2.45, 2.75) is 43.0 Å². The van der Waals surface area contributed by atoms with E-state index < -0.39 is 30.1 Å². The number of aromatic nitrogens is 4. The number of rotatable bonds is 1. The van der Waals surface area contributed by atoms with Gasteiger partial charge in [-0.2, -0.15) is 0 Å². The molecule has 112 valence electrons. The molecule has 21 heavy (non-hydrogen) atoms. The number of hydrogen-bond donors (Lipinski definition) is 4. The van der Waals surface area contributed by atoms with Crippen LogP contribution in [0.5, 0.6) is 0 Å². The zero-order valence-corrected chi connectivity index (χ0v) is 11.0. The summed E-state index contributed by atoms with van der Waals surface area (Å²) < 4.78 is 7.29.